The van der Waals surface area contributed by atoms with Crippen molar-refractivity contribution in [1.82, 2.24) is 0 Å². The number of ether oxygens (including phenoxy) is 2. The molecule has 1 unspecified atom stereocenters. The van der Waals surface area contributed by atoms with Gasteiger partial charge in [-0.2, -0.15) is 0 Å². The maximum atomic E-state index is 5.83. The summed E-state index contributed by atoms with van der Waals surface area (Å²) in [6, 6.07) is 0. The lowest BCUT2D eigenvalue weighted by Crippen LogP contribution is -2.27. The molecule has 1 atom stereocenters. The number of rotatable bonds is 28. The van der Waals surface area contributed by atoms with Gasteiger partial charge in [0.25, 0.3) is 0 Å². The van der Waals surface area contributed by atoms with Crippen molar-refractivity contribution in [2.24, 2.45) is 5.73 Å². The molecule has 0 fully saturated rings. The zero-order chi connectivity index (χ0) is 23.4. The van der Waals surface area contributed by atoms with Crippen LogP contribution >= 0.6 is 0 Å². The summed E-state index contributed by atoms with van der Waals surface area (Å²) >= 11 is 0. The van der Waals surface area contributed by atoms with Gasteiger partial charge in [0.1, 0.15) is 0 Å². The van der Waals surface area contributed by atoms with E-state index in [1.807, 2.05) is 6.08 Å². The molecule has 0 saturated heterocycles. The Bertz CT molecular complexity index is 348. The third-order valence-electron chi connectivity index (χ3n) is 6.35. The van der Waals surface area contributed by atoms with Crippen molar-refractivity contribution < 1.29 is 9.47 Å². The number of allylic oxidation sites excluding steroid dienone is 1. The highest BCUT2D eigenvalue weighted by atomic mass is 16.7. The number of unbranched alkanes of at least 4 members (excludes halogenated alkanes) is 20. The van der Waals surface area contributed by atoms with E-state index in [1.165, 1.54) is 128 Å². The zero-order valence-corrected chi connectivity index (χ0v) is 21.9. The molecule has 0 amide bonds. The molecular formula is C29H59NO2. The van der Waals surface area contributed by atoms with Gasteiger partial charge in [-0.3, -0.25) is 0 Å². The molecule has 0 aromatic carbocycles. The van der Waals surface area contributed by atoms with Crippen molar-refractivity contribution in [2.45, 2.75) is 154 Å². The van der Waals surface area contributed by atoms with Gasteiger partial charge in [-0.05, 0) is 25.7 Å². The Morgan fingerprint density at radius 1 is 0.562 bits per heavy atom. The van der Waals surface area contributed by atoms with E-state index in [0.717, 1.165) is 26.1 Å². The van der Waals surface area contributed by atoms with Gasteiger partial charge in [0.2, 0.25) is 0 Å². The third kappa shape index (κ3) is 25.9. The van der Waals surface area contributed by atoms with E-state index in [2.05, 4.69) is 13.5 Å². The first-order valence-electron chi connectivity index (χ1n) is 14.4. The molecule has 32 heavy (non-hydrogen) atoms. The Morgan fingerprint density at radius 2 is 0.906 bits per heavy atom. The molecule has 0 spiro atoms. The van der Waals surface area contributed by atoms with E-state index in [4.69, 9.17) is 15.2 Å². The molecule has 0 aromatic rings. The van der Waals surface area contributed by atoms with Gasteiger partial charge in [0.15, 0.2) is 6.29 Å². The lowest BCUT2D eigenvalue weighted by Gasteiger charge is -2.16. The maximum Gasteiger partial charge on any atom is 0.169 e. The van der Waals surface area contributed by atoms with Crippen LogP contribution in [0.3, 0.4) is 0 Å². The maximum absolute atomic E-state index is 5.83. The van der Waals surface area contributed by atoms with Gasteiger partial charge in [-0.1, -0.05) is 129 Å². The SMILES string of the molecule is C=CCCCCCCCCCCCOC(CN)OCCCCCCCCCCCCCC. The molecule has 0 aromatic heterocycles. The van der Waals surface area contributed by atoms with Crippen LogP contribution < -0.4 is 5.73 Å². The molecule has 0 saturated carbocycles. The lowest BCUT2D eigenvalue weighted by molar-refractivity contribution is -0.137. The Hall–Kier alpha value is -0.380. The van der Waals surface area contributed by atoms with E-state index in [0.29, 0.717) is 6.54 Å². The van der Waals surface area contributed by atoms with E-state index >= 15 is 0 Å². The third-order valence-corrected chi connectivity index (χ3v) is 6.35. The van der Waals surface area contributed by atoms with Crippen LogP contribution in [0.1, 0.15) is 148 Å². The molecule has 192 valence electrons. The van der Waals surface area contributed by atoms with Crippen LogP contribution in [0.15, 0.2) is 12.7 Å². The van der Waals surface area contributed by atoms with Crippen LogP contribution in [0.5, 0.6) is 0 Å². The first kappa shape index (κ1) is 31.6. The van der Waals surface area contributed by atoms with Crippen molar-refractivity contribution in [3.8, 4) is 0 Å². The standard InChI is InChI=1S/C29H59NO2/c1-3-5-7-9-11-13-15-17-19-21-23-25-27-32-29(28-30)31-26-24-22-20-18-16-14-12-10-8-6-4-2/h4,29H,2-3,5-28,30H2,1H3. The van der Waals surface area contributed by atoms with Gasteiger partial charge in [-0.25, -0.2) is 0 Å². The van der Waals surface area contributed by atoms with Crippen LogP contribution in [-0.2, 0) is 9.47 Å². The Balaban J connectivity index is 3.27. The Morgan fingerprint density at radius 3 is 1.25 bits per heavy atom. The Labute approximate surface area is 202 Å². The van der Waals surface area contributed by atoms with Crippen LogP contribution in [0.2, 0.25) is 0 Å². The number of hydrogen-bond donors (Lipinski definition) is 1. The molecule has 0 radical (unpaired) electrons. The minimum absolute atomic E-state index is 0.210. The topological polar surface area (TPSA) is 44.5 Å². The summed E-state index contributed by atoms with van der Waals surface area (Å²) in [5.41, 5.74) is 5.80. The summed E-state index contributed by atoms with van der Waals surface area (Å²) in [7, 11) is 0. The summed E-state index contributed by atoms with van der Waals surface area (Å²) < 4.78 is 11.7. The van der Waals surface area contributed by atoms with E-state index in [9.17, 15) is 0 Å². The normalized spacial score (nSPS) is 12.3. The quantitative estimate of drug-likeness (QED) is 0.0729. The highest BCUT2D eigenvalue weighted by Crippen LogP contribution is 2.13. The fourth-order valence-electron chi connectivity index (χ4n) is 4.18. The van der Waals surface area contributed by atoms with Crippen LogP contribution in [0.25, 0.3) is 0 Å². The first-order chi connectivity index (χ1) is 15.8. The predicted molar refractivity (Wildman–Crippen MR) is 142 cm³/mol. The van der Waals surface area contributed by atoms with Crippen LogP contribution in [0, 0.1) is 0 Å². The largest absolute Gasteiger partial charge is 0.351 e. The fraction of sp³-hybridized carbons (Fsp3) is 0.931. The van der Waals surface area contributed by atoms with Crippen molar-refractivity contribution in [3.05, 3.63) is 12.7 Å². The average molecular weight is 454 g/mol. The van der Waals surface area contributed by atoms with Crippen LogP contribution in [0.4, 0.5) is 0 Å². The molecule has 3 nitrogen and oxygen atoms in total. The monoisotopic (exact) mass is 453 g/mol. The summed E-state index contributed by atoms with van der Waals surface area (Å²) in [5.74, 6) is 0. The molecule has 0 aliphatic carbocycles. The summed E-state index contributed by atoms with van der Waals surface area (Å²) in [6.45, 7) is 8.09. The zero-order valence-electron chi connectivity index (χ0n) is 21.9. The number of nitrogens with two attached hydrogens (primary N) is 1. The van der Waals surface area contributed by atoms with Crippen molar-refractivity contribution in [3.63, 3.8) is 0 Å². The highest BCUT2D eigenvalue weighted by Gasteiger charge is 2.06. The molecule has 0 rings (SSSR count). The minimum Gasteiger partial charge on any atom is -0.351 e. The average Bonchev–Trinajstić information content (AvgIpc) is 2.81. The van der Waals surface area contributed by atoms with Crippen molar-refractivity contribution in [1.29, 1.82) is 0 Å². The fourth-order valence-corrected chi connectivity index (χ4v) is 4.18. The number of hydrogen-bond acceptors (Lipinski definition) is 3. The van der Waals surface area contributed by atoms with E-state index in [1.54, 1.807) is 0 Å². The highest BCUT2D eigenvalue weighted by molar-refractivity contribution is 4.65. The molecule has 0 aliphatic rings. The van der Waals surface area contributed by atoms with E-state index in [-0.39, 0.29) is 6.29 Å². The molecule has 3 heteroatoms. The van der Waals surface area contributed by atoms with Gasteiger partial charge in [0.05, 0.1) is 0 Å². The lowest BCUT2D eigenvalue weighted by atomic mass is 10.1. The molecule has 0 bridgehead atoms. The second-order valence-electron chi connectivity index (χ2n) is 9.56. The molecular weight excluding hydrogens is 394 g/mol. The second kappa shape index (κ2) is 28.7. The van der Waals surface area contributed by atoms with Gasteiger partial charge < -0.3 is 15.2 Å². The predicted octanol–water partition coefficient (Wildman–Crippen LogP) is 9.09. The molecule has 0 aliphatic heterocycles. The Kier molecular flexibility index (Phi) is 28.3. The molecule has 0 heterocycles. The second-order valence-corrected chi connectivity index (χ2v) is 9.56. The van der Waals surface area contributed by atoms with Gasteiger partial charge >= 0.3 is 0 Å². The first-order valence-corrected chi connectivity index (χ1v) is 14.4. The summed E-state index contributed by atoms with van der Waals surface area (Å²) in [4.78, 5) is 0. The summed E-state index contributed by atoms with van der Waals surface area (Å²) in [6.07, 6.45) is 31.3. The summed E-state index contributed by atoms with van der Waals surface area (Å²) in [5, 5.41) is 0. The van der Waals surface area contributed by atoms with Gasteiger partial charge in [-0.15, -0.1) is 6.58 Å². The smallest absolute Gasteiger partial charge is 0.169 e. The molecule has 2 N–H and O–H groups in total. The van der Waals surface area contributed by atoms with Crippen LogP contribution in [-0.4, -0.2) is 26.0 Å². The minimum atomic E-state index is -0.210. The van der Waals surface area contributed by atoms with Crippen molar-refractivity contribution >= 4 is 0 Å². The van der Waals surface area contributed by atoms with Crippen molar-refractivity contribution in [2.75, 3.05) is 19.8 Å². The van der Waals surface area contributed by atoms with Gasteiger partial charge in [0, 0.05) is 19.8 Å². The van der Waals surface area contributed by atoms with E-state index < -0.39 is 0 Å².